The number of carbonyl (C=O) groups is 1. The molecule has 1 N–H and O–H groups in total. The number of ether oxygens (including phenoxy) is 2. The molecule has 0 aliphatic heterocycles. The first-order chi connectivity index (χ1) is 12.5. The monoisotopic (exact) mass is 353 g/mol. The number of rotatable bonds is 7. The first-order valence-corrected chi connectivity index (χ1v) is 8.21. The second-order valence-corrected chi connectivity index (χ2v) is 5.93. The van der Waals surface area contributed by atoms with E-state index in [4.69, 9.17) is 14.7 Å². The standard InChI is InChI=1S/C20H23N3O3/c1-14(20(24)22-17-9-5-7-15(11-17)12-21)23(2)13-16-8-6-10-18(25-3)19(16)26-4/h5-11,14H,13H2,1-4H3,(H,22,24)/t14-/m0/s1. The Morgan fingerprint density at radius 3 is 2.62 bits per heavy atom. The number of hydrogen-bond acceptors (Lipinski definition) is 5. The van der Waals surface area contributed by atoms with Gasteiger partial charge in [-0.1, -0.05) is 18.2 Å². The summed E-state index contributed by atoms with van der Waals surface area (Å²) in [5.41, 5.74) is 2.04. The van der Waals surface area contributed by atoms with Gasteiger partial charge in [0.1, 0.15) is 0 Å². The molecule has 0 aliphatic rings. The van der Waals surface area contributed by atoms with Crippen LogP contribution in [0.2, 0.25) is 0 Å². The van der Waals surface area contributed by atoms with E-state index >= 15 is 0 Å². The van der Waals surface area contributed by atoms with E-state index in [9.17, 15) is 4.79 Å². The van der Waals surface area contributed by atoms with Crippen LogP contribution in [0.15, 0.2) is 42.5 Å². The maximum Gasteiger partial charge on any atom is 0.241 e. The summed E-state index contributed by atoms with van der Waals surface area (Å²) in [6.07, 6.45) is 0. The molecule has 0 fully saturated rings. The number of benzene rings is 2. The van der Waals surface area contributed by atoms with Gasteiger partial charge < -0.3 is 14.8 Å². The van der Waals surface area contributed by atoms with Crippen molar-refractivity contribution in [2.24, 2.45) is 0 Å². The molecule has 0 unspecified atom stereocenters. The predicted molar refractivity (Wildman–Crippen MR) is 100 cm³/mol. The summed E-state index contributed by atoms with van der Waals surface area (Å²) in [6.45, 7) is 2.35. The van der Waals surface area contributed by atoms with Crippen LogP contribution in [0.25, 0.3) is 0 Å². The number of amides is 1. The van der Waals surface area contributed by atoms with E-state index in [0.29, 0.717) is 29.3 Å². The topological polar surface area (TPSA) is 74.6 Å². The molecule has 0 heterocycles. The second-order valence-electron chi connectivity index (χ2n) is 5.93. The fourth-order valence-corrected chi connectivity index (χ4v) is 2.60. The summed E-state index contributed by atoms with van der Waals surface area (Å²) in [5.74, 6) is 1.17. The lowest BCUT2D eigenvalue weighted by molar-refractivity contribution is -0.120. The zero-order valence-corrected chi connectivity index (χ0v) is 15.4. The quantitative estimate of drug-likeness (QED) is 0.828. The molecule has 0 aromatic heterocycles. The number of carbonyl (C=O) groups excluding carboxylic acids is 1. The van der Waals surface area contributed by atoms with Crippen molar-refractivity contribution >= 4 is 11.6 Å². The van der Waals surface area contributed by atoms with Crippen molar-refractivity contribution in [3.8, 4) is 17.6 Å². The van der Waals surface area contributed by atoms with Crippen LogP contribution < -0.4 is 14.8 Å². The molecule has 2 aromatic rings. The van der Waals surface area contributed by atoms with Crippen molar-refractivity contribution in [1.82, 2.24) is 4.90 Å². The number of nitrogens with one attached hydrogen (secondary N) is 1. The maximum atomic E-state index is 12.5. The molecule has 0 saturated carbocycles. The zero-order valence-electron chi connectivity index (χ0n) is 15.4. The van der Waals surface area contributed by atoms with Crippen LogP contribution in [0.1, 0.15) is 18.1 Å². The van der Waals surface area contributed by atoms with E-state index in [0.717, 1.165) is 5.56 Å². The SMILES string of the molecule is COc1cccc(CN(C)[C@@H](C)C(=O)Nc2cccc(C#N)c2)c1OC. The Bertz CT molecular complexity index is 814. The highest BCUT2D eigenvalue weighted by Gasteiger charge is 2.20. The van der Waals surface area contributed by atoms with Crippen LogP contribution in [0.3, 0.4) is 0 Å². The van der Waals surface area contributed by atoms with E-state index in [2.05, 4.69) is 11.4 Å². The van der Waals surface area contributed by atoms with Gasteiger partial charge in [0.15, 0.2) is 11.5 Å². The summed E-state index contributed by atoms with van der Waals surface area (Å²) < 4.78 is 10.8. The van der Waals surface area contributed by atoms with Gasteiger partial charge in [0.2, 0.25) is 5.91 Å². The Morgan fingerprint density at radius 1 is 1.23 bits per heavy atom. The van der Waals surface area contributed by atoms with Crippen molar-refractivity contribution in [3.63, 3.8) is 0 Å². The summed E-state index contributed by atoms with van der Waals surface area (Å²) in [6, 6.07) is 14.2. The highest BCUT2D eigenvalue weighted by molar-refractivity contribution is 5.94. The van der Waals surface area contributed by atoms with Gasteiger partial charge in [-0.2, -0.15) is 5.26 Å². The second kappa shape index (κ2) is 8.88. The molecule has 0 saturated heterocycles. The normalized spacial score (nSPS) is 11.5. The highest BCUT2D eigenvalue weighted by atomic mass is 16.5. The number of nitriles is 1. The minimum atomic E-state index is -0.378. The Kier molecular flexibility index (Phi) is 6.59. The minimum absolute atomic E-state index is 0.149. The van der Waals surface area contributed by atoms with Crippen molar-refractivity contribution < 1.29 is 14.3 Å². The van der Waals surface area contributed by atoms with Crippen molar-refractivity contribution in [2.75, 3.05) is 26.6 Å². The third kappa shape index (κ3) is 4.52. The van der Waals surface area contributed by atoms with Crippen LogP contribution in [0, 0.1) is 11.3 Å². The summed E-state index contributed by atoms with van der Waals surface area (Å²) >= 11 is 0. The number of nitrogens with zero attached hydrogens (tertiary/aromatic N) is 2. The largest absolute Gasteiger partial charge is 0.493 e. The van der Waals surface area contributed by atoms with Crippen LogP contribution in [-0.2, 0) is 11.3 Å². The molecule has 0 radical (unpaired) electrons. The average molecular weight is 353 g/mol. The van der Waals surface area contributed by atoms with Gasteiger partial charge in [-0.05, 0) is 38.2 Å². The molecule has 2 aromatic carbocycles. The summed E-state index contributed by atoms with van der Waals surface area (Å²) in [4.78, 5) is 14.4. The number of anilines is 1. The van der Waals surface area contributed by atoms with Gasteiger partial charge in [0.25, 0.3) is 0 Å². The van der Waals surface area contributed by atoms with Crippen molar-refractivity contribution in [3.05, 3.63) is 53.6 Å². The third-order valence-corrected chi connectivity index (χ3v) is 4.20. The molecule has 6 nitrogen and oxygen atoms in total. The lowest BCUT2D eigenvalue weighted by Gasteiger charge is -2.25. The smallest absolute Gasteiger partial charge is 0.241 e. The van der Waals surface area contributed by atoms with Crippen LogP contribution >= 0.6 is 0 Å². The Labute approximate surface area is 153 Å². The fraction of sp³-hybridized carbons (Fsp3) is 0.300. The van der Waals surface area contributed by atoms with Crippen LogP contribution in [-0.4, -0.2) is 38.1 Å². The first-order valence-electron chi connectivity index (χ1n) is 8.21. The number of methoxy groups -OCH3 is 2. The van der Waals surface area contributed by atoms with Crippen LogP contribution in [0.5, 0.6) is 11.5 Å². The molecular formula is C20H23N3O3. The first kappa shape index (κ1) is 19.3. The number of para-hydroxylation sites is 1. The molecular weight excluding hydrogens is 330 g/mol. The van der Waals surface area contributed by atoms with Crippen LogP contribution in [0.4, 0.5) is 5.69 Å². The lowest BCUT2D eigenvalue weighted by atomic mass is 10.1. The molecule has 1 atom stereocenters. The van der Waals surface area contributed by atoms with Gasteiger partial charge in [0.05, 0.1) is 31.9 Å². The summed E-state index contributed by atoms with van der Waals surface area (Å²) in [7, 11) is 5.06. The Morgan fingerprint density at radius 2 is 1.96 bits per heavy atom. The zero-order chi connectivity index (χ0) is 19.1. The third-order valence-electron chi connectivity index (χ3n) is 4.20. The van der Waals surface area contributed by atoms with Gasteiger partial charge in [-0.3, -0.25) is 9.69 Å². The fourth-order valence-electron chi connectivity index (χ4n) is 2.60. The predicted octanol–water partition coefficient (Wildman–Crippen LogP) is 3.03. The van der Waals surface area contributed by atoms with E-state index in [1.54, 1.807) is 38.5 Å². The molecule has 2 rings (SSSR count). The molecule has 0 aliphatic carbocycles. The van der Waals surface area contributed by atoms with Crippen molar-refractivity contribution in [2.45, 2.75) is 19.5 Å². The average Bonchev–Trinajstić information content (AvgIpc) is 2.67. The van der Waals surface area contributed by atoms with Gasteiger partial charge in [-0.15, -0.1) is 0 Å². The Hall–Kier alpha value is -3.04. The highest BCUT2D eigenvalue weighted by Crippen LogP contribution is 2.31. The molecule has 6 heteroatoms. The van der Waals surface area contributed by atoms with E-state index in [-0.39, 0.29) is 11.9 Å². The van der Waals surface area contributed by atoms with E-state index in [1.807, 2.05) is 37.1 Å². The lowest BCUT2D eigenvalue weighted by Crippen LogP contribution is -2.39. The van der Waals surface area contributed by atoms with Gasteiger partial charge >= 0.3 is 0 Å². The van der Waals surface area contributed by atoms with E-state index < -0.39 is 0 Å². The Balaban J connectivity index is 2.08. The number of likely N-dealkylation sites (N-methyl/N-ethyl adjacent to an activating group) is 1. The minimum Gasteiger partial charge on any atom is -0.493 e. The molecule has 26 heavy (non-hydrogen) atoms. The van der Waals surface area contributed by atoms with Gasteiger partial charge in [-0.25, -0.2) is 0 Å². The maximum absolute atomic E-state index is 12.5. The molecule has 0 bridgehead atoms. The molecule has 0 spiro atoms. The van der Waals surface area contributed by atoms with Gasteiger partial charge in [0, 0.05) is 17.8 Å². The summed E-state index contributed by atoms with van der Waals surface area (Å²) in [5, 5.41) is 11.8. The molecule has 1 amide bonds. The van der Waals surface area contributed by atoms with E-state index in [1.165, 1.54) is 0 Å². The molecule has 136 valence electrons. The van der Waals surface area contributed by atoms with Crippen molar-refractivity contribution in [1.29, 1.82) is 5.26 Å². The number of hydrogen-bond donors (Lipinski definition) is 1.